The number of alkyl halides is 3. The van der Waals surface area contributed by atoms with Crippen molar-refractivity contribution in [3.8, 4) is 0 Å². The second-order valence-corrected chi connectivity index (χ2v) is 4.31. The van der Waals surface area contributed by atoms with Crippen LogP contribution in [0.2, 0.25) is 10.3 Å². The Bertz CT molecular complexity index is 546. The summed E-state index contributed by atoms with van der Waals surface area (Å²) in [6.45, 7) is 1.51. The number of halogens is 5. The third kappa shape index (κ3) is 4.08. The first-order chi connectivity index (χ1) is 9.16. The first-order valence-electron chi connectivity index (χ1n) is 5.28. The average Bonchev–Trinajstić information content (AvgIpc) is 2.26. The highest BCUT2D eigenvalue weighted by atomic mass is 35.5. The maximum absolute atomic E-state index is 12.8. The topological polar surface area (TPSA) is 56.3 Å². The summed E-state index contributed by atoms with van der Waals surface area (Å²) >= 11 is 10.9. The van der Waals surface area contributed by atoms with Crippen molar-refractivity contribution in [3.63, 3.8) is 0 Å². The highest BCUT2D eigenvalue weighted by Crippen LogP contribution is 2.36. The van der Waals surface area contributed by atoms with Crippen molar-refractivity contribution in [2.45, 2.75) is 19.5 Å². The van der Waals surface area contributed by atoms with Crippen LogP contribution in [0, 0.1) is 0 Å². The Morgan fingerprint density at radius 3 is 2.45 bits per heavy atom. The normalized spacial score (nSPS) is 11.3. The number of rotatable bonds is 4. The number of hydrogen-bond donors (Lipinski definition) is 0. The molecule has 0 aliphatic heterocycles. The lowest BCUT2D eigenvalue weighted by Gasteiger charge is -2.13. The molecule has 0 fully saturated rings. The van der Waals surface area contributed by atoms with Crippen molar-refractivity contribution in [1.29, 1.82) is 0 Å². The molecule has 1 aromatic heterocycles. The Labute approximate surface area is 121 Å². The molecular weight excluding hydrogens is 322 g/mol. The SMILES string of the molecule is CCOC(=O)CC(=O)c1c(C(F)(F)F)cc(Cl)nc1Cl. The molecule has 0 aliphatic carbocycles. The summed E-state index contributed by atoms with van der Waals surface area (Å²) < 4.78 is 43.0. The van der Waals surface area contributed by atoms with Crippen molar-refractivity contribution in [1.82, 2.24) is 4.98 Å². The van der Waals surface area contributed by atoms with Crippen LogP contribution in [0.15, 0.2) is 6.07 Å². The van der Waals surface area contributed by atoms with Gasteiger partial charge in [0.15, 0.2) is 5.78 Å². The molecule has 0 aromatic carbocycles. The number of nitrogens with zero attached hydrogens (tertiary/aromatic N) is 1. The Kier molecular flexibility index (Phi) is 5.35. The number of aromatic nitrogens is 1. The molecule has 0 unspecified atom stereocenters. The lowest BCUT2D eigenvalue weighted by Crippen LogP contribution is -2.18. The van der Waals surface area contributed by atoms with Gasteiger partial charge in [-0.15, -0.1) is 0 Å². The monoisotopic (exact) mass is 329 g/mol. The molecule has 0 atom stereocenters. The summed E-state index contributed by atoms with van der Waals surface area (Å²) in [5.74, 6) is -2.08. The van der Waals surface area contributed by atoms with Gasteiger partial charge in [-0.25, -0.2) is 4.98 Å². The molecule has 110 valence electrons. The fraction of sp³-hybridized carbons (Fsp3) is 0.364. The summed E-state index contributed by atoms with van der Waals surface area (Å²) in [5, 5.41) is -1.21. The Hall–Kier alpha value is -1.34. The van der Waals surface area contributed by atoms with E-state index in [9.17, 15) is 22.8 Å². The fourth-order valence-corrected chi connectivity index (χ4v) is 1.94. The second kappa shape index (κ2) is 6.41. The van der Waals surface area contributed by atoms with Gasteiger partial charge >= 0.3 is 12.1 Å². The number of pyridine rings is 1. The molecule has 0 aliphatic rings. The number of ether oxygens (including phenoxy) is 1. The molecular formula is C11H8Cl2F3NO3. The van der Waals surface area contributed by atoms with Crippen LogP contribution in [-0.2, 0) is 15.7 Å². The standard InChI is InChI=1S/C11H8Cl2F3NO3/c1-2-20-8(19)4-6(18)9-5(11(14,15)16)3-7(12)17-10(9)13/h3H,2,4H2,1H3. The van der Waals surface area contributed by atoms with Gasteiger partial charge in [0.25, 0.3) is 0 Å². The minimum absolute atomic E-state index is 0.00480. The molecule has 0 N–H and O–H groups in total. The van der Waals surface area contributed by atoms with Gasteiger partial charge in [0.05, 0.1) is 17.7 Å². The number of esters is 1. The van der Waals surface area contributed by atoms with Crippen molar-refractivity contribution >= 4 is 35.0 Å². The van der Waals surface area contributed by atoms with Crippen LogP contribution in [0.4, 0.5) is 13.2 Å². The largest absolute Gasteiger partial charge is 0.466 e. The number of Topliss-reactive ketones (excluding diaryl/α,β-unsaturated/α-hetero) is 1. The minimum atomic E-state index is -4.85. The van der Waals surface area contributed by atoms with Crippen LogP contribution in [0.25, 0.3) is 0 Å². The molecule has 0 amide bonds. The number of carbonyl (C=O) groups excluding carboxylic acids is 2. The molecule has 1 heterocycles. The molecule has 4 nitrogen and oxygen atoms in total. The zero-order valence-corrected chi connectivity index (χ0v) is 11.6. The zero-order chi connectivity index (χ0) is 15.5. The van der Waals surface area contributed by atoms with Gasteiger partial charge in [-0.05, 0) is 13.0 Å². The van der Waals surface area contributed by atoms with Gasteiger partial charge in [-0.1, -0.05) is 23.2 Å². The number of ketones is 1. The van der Waals surface area contributed by atoms with Crippen LogP contribution in [-0.4, -0.2) is 23.3 Å². The summed E-state index contributed by atoms with van der Waals surface area (Å²) in [5.41, 5.74) is -2.23. The minimum Gasteiger partial charge on any atom is -0.466 e. The van der Waals surface area contributed by atoms with Gasteiger partial charge < -0.3 is 4.74 Å². The first-order valence-corrected chi connectivity index (χ1v) is 6.04. The van der Waals surface area contributed by atoms with E-state index in [-0.39, 0.29) is 6.61 Å². The molecule has 0 radical (unpaired) electrons. The molecule has 0 bridgehead atoms. The van der Waals surface area contributed by atoms with Gasteiger partial charge in [-0.2, -0.15) is 13.2 Å². The Morgan fingerprint density at radius 1 is 1.35 bits per heavy atom. The van der Waals surface area contributed by atoms with E-state index in [2.05, 4.69) is 9.72 Å². The molecule has 1 aromatic rings. The maximum atomic E-state index is 12.8. The third-order valence-electron chi connectivity index (χ3n) is 2.14. The number of hydrogen-bond acceptors (Lipinski definition) is 4. The molecule has 0 spiro atoms. The zero-order valence-electron chi connectivity index (χ0n) is 10.1. The van der Waals surface area contributed by atoms with E-state index in [4.69, 9.17) is 23.2 Å². The highest BCUT2D eigenvalue weighted by molar-refractivity contribution is 6.35. The predicted octanol–water partition coefficient (Wildman–Crippen LogP) is 3.54. The van der Waals surface area contributed by atoms with E-state index < -0.39 is 45.8 Å². The van der Waals surface area contributed by atoms with Crippen LogP contribution < -0.4 is 0 Å². The summed E-state index contributed by atoms with van der Waals surface area (Å²) in [4.78, 5) is 26.3. The molecule has 9 heteroatoms. The Balaban J connectivity index is 3.23. The van der Waals surface area contributed by atoms with E-state index in [1.165, 1.54) is 6.92 Å². The lowest BCUT2D eigenvalue weighted by molar-refractivity contribution is -0.142. The Morgan fingerprint density at radius 2 is 1.95 bits per heavy atom. The highest BCUT2D eigenvalue weighted by Gasteiger charge is 2.37. The van der Waals surface area contributed by atoms with Crippen LogP contribution in [0.1, 0.15) is 29.3 Å². The molecule has 20 heavy (non-hydrogen) atoms. The average molecular weight is 330 g/mol. The van der Waals surface area contributed by atoms with Gasteiger partial charge in [-0.3, -0.25) is 9.59 Å². The maximum Gasteiger partial charge on any atom is 0.417 e. The summed E-state index contributed by atoms with van der Waals surface area (Å²) in [6.07, 6.45) is -5.71. The quantitative estimate of drug-likeness (QED) is 0.367. The van der Waals surface area contributed by atoms with E-state index in [1.807, 2.05) is 0 Å². The van der Waals surface area contributed by atoms with Gasteiger partial charge in [0.1, 0.15) is 16.7 Å². The lowest BCUT2D eigenvalue weighted by atomic mass is 10.0. The van der Waals surface area contributed by atoms with E-state index in [0.29, 0.717) is 6.07 Å². The van der Waals surface area contributed by atoms with Crippen LogP contribution >= 0.6 is 23.2 Å². The smallest absolute Gasteiger partial charge is 0.417 e. The number of carbonyl (C=O) groups is 2. The van der Waals surface area contributed by atoms with Crippen molar-refractivity contribution < 1.29 is 27.5 Å². The van der Waals surface area contributed by atoms with Crippen molar-refractivity contribution in [2.24, 2.45) is 0 Å². The van der Waals surface area contributed by atoms with Crippen molar-refractivity contribution in [2.75, 3.05) is 6.61 Å². The summed E-state index contributed by atoms with van der Waals surface area (Å²) in [6, 6.07) is 0.478. The van der Waals surface area contributed by atoms with Gasteiger partial charge in [0.2, 0.25) is 0 Å². The first kappa shape index (κ1) is 16.7. The van der Waals surface area contributed by atoms with E-state index in [0.717, 1.165) is 0 Å². The van der Waals surface area contributed by atoms with E-state index in [1.54, 1.807) is 0 Å². The third-order valence-corrected chi connectivity index (χ3v) is 2.61. The van der Waals surface area contributed by atoms with Crippen LogP contribution in [0.3, 0.4) is 0 Å². The van der Waals surface area contributed by atoms with Crippen LogP contribution in [0.5, 0.6) is 0 Å². The molecule has 0 saturated heterocycles. The molecule has 0 saturated carbocycles. The summed E-state index contributed by atoms with van der Waals surface area (Å²) in [7, 11) is 0. The van der Waals surface area contributed by atoms with Gasteiger partial charge in [0, 0.05) is 0 Å². The second-order valence-electron chi connectivity index (χ2n) is 3.56. The van der Waals surface area contributed by atoms with Crippen molar-refractivity contribution in [3.05, 3.63) is 27.5 Å². The predicted molar refractivity (Wildman–Crippen MR) is 64.8 cm³/mol. The van der Waals surface area contributed by atoms with E-state index >= 15 is 0 Å². The molecule has 1 rings (SSSR count). The fourth-order valence-electron chi connectivity index (χ4n) is 1.40.